The Kier molecular flexibility index (Phi) is 8.79. The molecule has 1 fully saturated rings. The van der Waals surface area contributed by atoms with Crippen LogP contribution in [0.2, 0.25) is 0 Å². The van der Waals surface area contributed by atoms with Crippen molar-refractivity contribution in [2.24, 2.45) is 0 Å². The van der Waals surface area contributed by atoms with E-state index in [1.165, 1.54) is 11.8 Å². The molecule has 2 aliphatic rings. The molecule has 2 aliphatic heterocycles. The molecule has 2 heterocycles. The summed E-state index contributed by atoms with van der Waals surface area (Å²) >= 11 is 1.25. The lowest BCUT2D eigenvalue weighted by atomic mass is 10.0. The maximum atomic E-state index is 12.0. The van der Waals surface area contributed by atoms with Gasteiger partial charge in [0.2, 0.25) is 11.0 Å². The van der Waals surface area contributed by atoms with Crippen LogP contribution in [0.3, 0.4) is 0 Å². The number of nitrogens with zero attached hydrogens (tertiary/aromatic N) is 2. The molecule has 6 nitrogen and oxygen atoms in total. The minimum absolute atomic E-state index is 0.00261. The highest BCUT2D eigenvalue weighted by Gasteiger charge is 2.37. The predicted molar refractivity (Wildman–Crippen MR) is 115 cm³/mol. The summed E-state index contributed by atoms with van der Waals surface area (Å²) in [6, 6.07) is 0. The van der Waals surface area contributed by atoms with Gasteiger partial charge in [0.15, 0.2) is 0 Å². The minimum Gasteiger partial charge on any atom is -0.496 e. The Morgan fingerprint density at radius 2 is 2.11 bits per heavy atom. The summed E-state index contributed by atoms with van der Waals surface area (Å²) in [7, 11) is 2.13. The summed E-state index contributed by atoms with van der Waals surface area (Å²) in [6.45, 7) is 13.7. The molecule has 2 rings (SSSR count). The van der Waals surface area contributed by atoms with Gasteiger partial charge >= 0.3 is 0 Å². The molecule has 0 spiro atoms. The van der Waals surface area contributed by atoms with Crippen molar-refractivity contribution in [2.45, 2.75) is 31.4 Å². The number of amides is 1. The largest absolute Gasteiger partial charge is 0.496 e. The first-order chi connectivity index (χ1) is 13.3. The first-order valence-electron chi connectivity index (χ1n) is 9.90. The molecule has 28 heavy (non-hydrogen) atoms. The van der Waals surface area contributed by atoms with Gasteiger partial charge in [0.1, 0.15) is 5.76 Å². The van der Waals surface area contributed by atoms with E-state index in [0.29, 0.717) is 31.8 Å². The molecule has 0 saturated carbocycles. The van der Waals surface area contributed by atoms with Gasteiger partial charge in [-0.3, -0.25) is 9.59 Å². The fourth-order valence-electron chi connectivity index (χ4n) is 3.22. The van der Waals surface area contributed by atoms with Crippen LogP contribution in [0.1, 0.15) is 26.7 Å². The zero-order valence-corrected chi connectivity index (χ0v) is 18.1. The summed E-state index contributed by atoms with van der Waals surface area (Å²) < 4.78 is 5.37. The van der Waals surface area contributed by atoms with Gasteiger partial charge in [-0.25, -0.2) is 0 Å². The van der Waals surface area contributed by atoms with Crippen LogP contribution < -0.4 is 5.32 Å². The van der Waals surface area contributed by atoms with E-state index in [-0.39, 0.29) is 11.0 Å². The Labute approximate surface area is 173 Å². The van der Waals surface area contributed by atoms with Crippen LogP contribution in [-0.2, 0) is 14.3 Å². The molecule has 0 aromatic heterocycles. The predicted octanol–water partition coefficient (Wildman–Crippen LogP) is 2.20. The number of carbonyl (C=O) groups excluding carboxylic acids is 2. The quantitative estimate of drug-likeness (QED) is 0.443. The third-order valence-electron chi connectivity index (χ3n) is 5.03. The standard InChI is InChI=1S/C21H33N3O3S/c1-5-17(2)16-21(3)18(15-20(26)28-21)27-14-6-8-22-19(25)7-9-24-12-10-23(4)11-13-24/h5,15-16H,1,6-14H2,2-4H3,(H,22,25)/b17-16+. The highest BCUT2D eigenvalue weighted by molar-refractivity contribution is 8.15. The van der Waals surface area contributed by atoms with E-state index < -0.39 is 4.75 Å². The molecular formula is C21H33N3O3S. The molecule has 7 heteroatoms. The Morgan fingerprint density at radius 3 is 2.79 bits per heavy atom. The number of carbonyl (C=O) groups is 2. The molecular weight excluding hydrogens is 374 g/mol. The Bertz CT molecular complexity index is 639. The monoisotopic (exact) mass is 407 g/mol. The van der Waals surface area contributed by atoms with E-state index in [4.69, 9.17) is 4.74 Å². The molecule has 0 aromatic rings. The first kappa shape index (κ1) is 22.7. The van der Waals surface area contributed by atoms with E-state index in [2.05, 4.69) is 28.7 Å². The first-order valence-corrected chi connectivity index (χ1v) is 10.7. The molecule has 1 amide bonds. The molecule has 0 bridgehead atoms. The lowest BCUT2D eigenvalue weighted by Gasteiger charge is -2.32. The van der Waals surface area contributed by atoms with Gasteiger partial charge < -0.3 is 19.9 Å². The van der Waals surface area contributed by atoms with Crippen LogP contribution in [0.5, 0.6) is 0 Å². The third-order valence-corrected chi connectivity index (χ3v) is 6.09. The number of likely N-dealkylation sites (N-methyl/N-ethyl adjacent to an activating group) is 1. The fraction of sp³-hybridized carbons (Fsp3) is 0.619. The number of hydrogen-bond acceptors (Lipinski definition) is 6. The van der Waals surface area contributed by atoms with Gasteiger partial charge in [0, 0.05) is 51.8 Å². The maximum Gasteiger partial charge on any atom is 0.221 e. The number of hydrogen-bond donors (Lipinski definition) is 1. The van der Waals surface area contributed by atoms with E-state index in [1.807, 2.05) is 19.9 Å². The summed E-state index contributed by atoms with van der Waals surface area (Å²) in [5.41, 5.74) is 1.01. The van der Waals surface area contributed by atoms with Crippen LogP contribution in [0.25, 0.3) is 0 Å². The van der Waals surface area contributed by atoms with Crippen LogP contribution in [0, 0.1) is 0 Å². The highest BCUT2D eigenvalue weighted by atomic mass is 32.2. The molecule has 1 saturated heterocycles. The van der Waals surface area contributed by atoms with Gasteiger partial charge in [-0.15, -0.1) is 0 Å². The smallest absolute Gasteiger partial charge is 0.221 e. The number of allylic oxidation sites excluding steroid dienone is 2. The lowest BCUT2D eigenvalue weighted by Crippen LogP contribution is -2.45. The van der Waals surface area contributed by atoms with E-state index >= 15 is 0 Å². The highest BCUT2D eigenvalue weighted by Crippen LogP contribution is 2.42. The summed E-state index contributed by atoms with van der Waals surface area (Å²) in [5.74, 6) is 0.754. The Balaban J connectivity index is 1.64. The van der Waals surface area contributed by atoms with Gasteiger partial charge in [0.25, 0.3) is 0 Å². The molecule has 1 N–H and O–H groups in total. The number of nitrogens with one attached hydrogen (secondary N) is 1. The number of rotatable bonds is 10. The van der Waals surface area contributed by atoms with E-state index in [0.717, 1.165) is 38.3 Å². The summed E-state index contributed by atoms with van der Waals surface area (Å²) in [5, 5.41) is 2.96. The second-order valence-corrected chi connectivity index (χ2v) is 9.03. The van der Waals surface area contributed by atoms with Crippen molar-refractivity contribution < 1.29 is 14.3 Å². The zero-order valence-electron chi connectivity index (χ0n) is 17.3. The topological polar surface area (TPSA) is 61.9 Å². The van der Waals surface area contributed by atoms with Crippen LogP contribution in [-0.4, -0.2) is 78.5 Å². The molecule has 0 radical (unpaired) electrons. The van der Waals surface area contributed by atoms with E-state index in [9.17, 15) is 9.59 Å². The van der Waals surface area contributed by atoms with Crippen molar-refractivity contribution in [3.63, 3.8) is 0 Å². The van der Waals surface area contributed by atoms with Crippen LogP contribution in [0.15, 0.2) is 36.1 Å². The molecule has 156 valence electrons. The average molecular weight is 408 g/mol. The molecule has 1 atom stereocenters. The van der Waals surface area contributed by atoms with Crippen molar-refractivity contribution >= 4 is 22.8 Å². The summed E-state index contributed by atoms with van der Waals surface area (Å²) in [6.07, 6.45) is 6.57. The molecule has 1 unspecified atom stereocenters. The summed E-state index contributed by atoms with van der Waals surface area (Å²) in [4.78, 5) is 28.5. The van der Waals surface area contributed by atoms with Gasteiger partial charge in [-0.1, -0.05) is 36.1 Å². The molecule has 0 aromatic carbocycles. The van der Waals surface area contributed by atoms with Crippen molar-refractivity contribution in [1.82, 2.24) is 15.1 Å². The van der Waals surface area contributed by atoms with Crippen molar-refractivity contribution in [2.75, 3.05) is 52.9 Å². The SMILES string of the molecule is C=C/C(C)=C/C1(C)SC(=O)C=C1OCCCNC(=O)CCN1CCN(C)CC1. The van der Waals surface area contributed by atoms with Crippen molar-refractivity contribution in [1.29, 1.82) is 0 Å². The van der Waals surface area contributed by atoms with Crippen molar-refractivity contribution in [3.8, 4) is 0 Å². The number of thioether (sulfide) groups is 1. The van der Waals surface area contributed by atoms with Crippen molar-refractivity contribution in [3.05, 3.63) is 36.1 Å². The van der Waals surface area contributed by atoms with E-state index in [1.54, 1.807) is 12.2 Å². The van der Waals surface area contributed by atoms with Gasteiger partial charge in [0.05, 0.1) is 11.4 Å². The average Bonchev–Trinajstić information content (AvgIpc) is 2.93. The molecule has 0 aliphatic carbocycles. The minimum atomic E-state index is -0.485. The zero-order chi connectivity index (χ0) is 20.6. The van der Waals surface area contributed by atoms with Crippen LogP contribution >= 0.6 is 11.8 Å². The maximum absolute atomic E-state index is 12.0. The van der Waals surface area contributed by atoms with Crippen LogP contribution in [0.4, 0.5) is 0 Å². The Hall–Kier alpha value is -1.57. The van der Waals surface area contributed by atoms with Gasteiger partial charge in [-0.05, 0) is 27.3 Å². The number of ether oxygens (including phenoxy) is 1. The fourth-order valence-corrected chi connectivity index (χ4v) is 4.27. The second-order valence-electron chi connectivity index (χ2n) is 7.58. The normalized spacial score (nSPS) is 24.2. The number of piperazine rings is 1. The Morgan fingerprint density at radius 1 is 1.39 bits per heavy atom. The lowest BCUT2D eigenvalue weighted by molar-refractivity contribution is -0.121. The third kappa shape index (κ3) is 7.11. The van der Waals surface area contributed by atoms with Gasteiger partial charge in [-0.2, -0.15) is 0 Å². The second kappa shape index (κ2) is 10.8.